The number of fused-ring (bicyclic) bond motifs is 11. The average Bonchev–Trinajstić information content (AvgIpc) is 3.77. The zero-order chi connectivity index (χ0) is 36.6. The van der Waals surface area contributed by atoms with Crippen LogP contribution in [0.3, 0.4) is 0 Å². The van der Waals surface area contributed by atoms with Gasteiger partial charge in [0.2, 0.25) is 0 Å². The third-order valence-electron chi connectivity index (χ3n) is 12.2. The predicted octanol–water partition coefficient (Wildman–Crippen LogP) is 14.0. The summed E-state index contributed by atoms with van der Waals surface area (Å²) in [6.45, 7) is 11.3. The molecule has 0 saturated heterocycles. The maximum atomic E-state index is 4.27. The Morgan fingerprint density at radius 3 is 1.69 bits per heavy atom. The molecule has 54 heavy (non-hydrogen) atoms. The minimum atomic E-state index is -0.524. The van der Waals surface area contributed by atoms with E-state index < -0.39 is 5.41 Å². The first-order valence-corrected chi connectivity index (χ1v) is 19.0. The Hall–Kier alpha value is -6.44. The van der Waals surface area contributed by atoms with Crippen molar-refractivity contribution in [1.82, 2.24) is 0 Å². The summed E-state index contributed by atoms with van der Waals surface area (Å²) in [5, 5.41) is 0. The lowest BCUT2D eigenvalue weighted by Gasteiger charge is -2.36. The summed E-state index contributed by atoms with van der Waals surface area (Å²) >= 11 is 0. The Morgan fingerprint density at radius 2 is 1.04 bits per heavy atom. The monoisotopic (exact) mass is 691 g/mol. The van der Waals surface area contributed by atoms with Crippen LogP contribution in [-0.4, -0.2) is 0 Å². The fourth-order valence-corrected chi connectivity index (χ4v) is 10.1. The van der Waals surface area contributed by atoms with Crippen molar-refractivity contribution in [1.29, 1.82) is 0 Å². The normalized spacial score (nSPS) is 18.3. The number of hydrogen-bond donors (Lipinski definition) is 0. The van der Waals surface area contributed by atoms with Gasteiger partial charge in [-0.2, -0.15) is 0 Å². The fourth-order valence-electron chi connectivity index (χ4n) is 10.1. The highest BCUT2D eigenvalue weighted by Crippen LogP contribution is 2.68. The van der Waals surface area contributed by atoms with E-state index in [1.165, 1.54) is 83.6 Å². The molecule has 258 valence electrons. The summed E-state index contributed by atoms with van der Waals surface area (Å²) in [5.41, 5.74) is 21.0. The first kappa shape index (κ1) is 32.2. The minimum absolute atomic E-state index is 0.264. The van der Waals surface area contributed by atoms with Crippen molar-refractivity contribution in [2.45, 2.75) is 31.6 Å². The van der Waals surface area contributed by atoms with Crippen molar-refractivity contribution >= 4 is 22.6 Å². The second-order valence-electron chi connectivity index (χ2n) is 15.2. The molecule has 3 aliphatic rings. The maximum absolute atomic E-state index is 4.27. The van der Waals surface area contributed by atoms with Crippen molar-refractivity contribution in [3.63, 3.8) is 0 Å². The maximum Gasteiger partial charge on any atom is 0.0726 e. The van der Waals surface area contributed by atoms with Crippen LogP contribution < -0.4 is 4.90 Å². The number of para-hydroxylation sites is 1. The van der Waals surface area contributed by atoms with Gasteiger partial charge >= 0.3 is 0 Å². The zero-order valence-electron chi connectivity index (χ0n) is 31.0. The van der Waals surface area contributed by atoms with Gasteiger partial charge in [0.1, 0.15) is 0 Å². The largest absolute Gasteiger partial charge is 0.310 e. The van der Waals surface area contributed by atoms with Gasteiger partial charge in [-0.3, -0.25) is 0 Å². The average molecular weight is 692 g/mol. The van der Waals surface area contributed by atoms with Crippen LogP contribution in [0, 0.1) is 0 Å². The van der Waals surface area contributed by atoms with Gasteiger partial charge in [-0.05, 0) is 115 Å². The Kier molecular flexibility index (Phi) is 7.19. The minimum Gasteiger partial charge on any atom is -0.310 e. The molecule has 7 aromatic carbocycles. The highest BCUT2D eigenvalue weighted by molar-refractivity contribution is 6.08. The molecule has 0 amide bonds. The number of nitrogens with zero attached hydrogens (tertiary/aromatic N) is 1. The SMILES string of the molecule is C=C/C=C1\C(=C/C)c2ccccc2C12c1ccccc1-c1c2cc(N(c2ccccc2)c2ccc(-c3ccccc3)cc2)c2c1-c1ccccc1C2(C)C. The van der Waals surface area contributed by atoms with Crippen molar-refractivity contribution in [2.75, 3.05) is 4.90 Å². The number of anilines is 3. The van der Waals surface area contributed by atoms with Gasteiger partial charge in [-0.15, -0.1) is 0 Å². The fraction of sp³-hybridized carbons (Fsp3) is 0.0943. The molecule has 1 atom stereocenters. The molecule has 0 aromatic heterocycles. The Labute approximate surface area is 318 Å². The summed E-state index contributed by atoms with van der Waals surface area (Å²) in [7, 11) is 0. The van der Waals surface area contributed by atoms with E-state index in [1.807, 2.05) is 6.08 Å². The van der Waals surface area contributed by atoms with Crippen LogP contribution in [0.15, 0.2) is 194 Å². The van der Waals surface area contributed by atoms with Gasteiger partial charge in [0, 0.05) is 16.8 Å². The molecule has 0 aliphatic heterocycles. The molecule has 0 heterocycles. The molecule has 1 heteroatoms. The summed E-state index contributed by atoms with van der Waals surface area (Å²) < 4.78 is 0. The Bertz CT molecular complexity index is 2690. The molecule has 0 saturated carbocycles. The molecular weight excluding hydrogens is 651 g/mol. The lowest BCUT2D eigenvalue weighted by molar-refractivity contribution is 0.660. The van der Waals surface area contributed by atoms with Gasteiger partial charge in [-0.1, -0.05) is 172 Å². The van der Waals surface area contributed by atoms with E-state index in [0.29, 0.717) is 0 Å². The van der Waals surface area contributed by atoms with Crippen molar-refractivity contribution < 1.29 is 0 Å². The van der Waals surface area contributed by atoms with Crippen molar-refractivity contribution in [3.8, 4) is 33.4 Å². The quantitative estimate of drug-likeness (QED) is 0.174. The Morgan fingerprint density at radius 1 is 0.519 bits per heavy atom. The molecule has 0 fully saturated rings. The van der Waals surface area contributed by atoms with E-state index in [0.717, 1.165) is 11.4 Å². The second-order valence-corrected chi connectivity index (χ2v) is 15.2. The van der Waals surface area contributed by atoms with Gasteiger partial charge < -0.3 is 4.90 Å². The van der Waals surface area contributed by atoms with Crippen LogP contribution in [0.2, 0.25) is 0 Å². The van der Waals surface area contributed by atoms with Crippen molar-refractivity contribution in [2.24, 2.45) is 0 Å². The lowest BCUT2D eigenvalue weighted by atomic mass is 9.69. The highest BCUT2D eigenvalue weighted by Gasteiger charge is 2.55. The topological polar surface area (TPSA) is 3.24 Å². The van der Waals surface area contributed by atoms with E-state index in [2.05, 4.69) is 208 Å². The first-order chi connectivity index (χ1) is 26.5. The number of benzene rings is 7. The van der Waals surface area contributed by atoms with Crippen LogP contribution in [0.4, 0.5) is 17.1 Å². The smallest absolute Gasteiger partial charge is 0.0726 e. The molecule has 1 unspecified atom stereocenters. The Balaban J connectivity index is 1.36. The number of hydrogen-bond acceptors (Lipinski definition) is 1. The highest BCUT2D eigenvalue weighted by atomic mass is 15.1. The van der Waals surface area contributed by atoms with Gasteiger partial charge in [-0.25, -0.2) is 0 Å². The zero-order valence-corrected chi connectivity index (χ0v) is 31.0. The molecule has 0 radical (unpaired) electrons. The molecule has 1 spiro atoms. The molecule has 3 aliphatic carbocycles. The lowest BCUT2D eigenvalue weighted by Crippen LogP contribution is -2.27. The van der Waals surface area contributed by atoms with Crippen molar-refractivity contribution in [3.05, 3.63) is 228 Å². The summed E-state index contributed by atoms with van der Waals surface area (Å²) in [6.07, 6.45) is 6.54. The van der Waals surface area contributed by atoms with Gasteiger partial charge in [0.25, 0.3) is 0 Å². The van der Waals surface area contributed by atoms with E-state index in [9.17, 15) is 0 Å². The summed E-state index contributed by atoms with van der Waals surface area (Å²) in [5.74, 6) is 0. The summed E-state index contributed by atoms with van der Waals surface area (Å²) in [4.78, 5) is 2.51. The van der Waals surface area contributed by atoms with E-state index in [4.69, 9.17) is 0 Å². The van der Waals surface area contributed by atoms with Crippen LogP contribution in [0.25, 0.3) is 39.0 Å². The molecule has 1 nitrogen and oxygen atoms in total. The third-order valence-corrected chi connectivity index (χ3v) is 12.2. The van der Waals surface area contributed by atoms with E-state index >= 15 is 0 Å². The van der Waals surface area contributed by atoms with Crippen LogP contribution in [0.5, 0.6) is 0 Å². The van der Waals surface area contributed by atoms with Gasteiger partial charge in [0.05, 0.1) is 11.1 Å². The summed E-state index contributed by atoms with van der Waals surface area (Å²) in [6, 6.07) is 60.6. The molecule has 7 aromatic rings. The first-order valence-electron chi connectivity index (χ1n) is 19.0. The molecule has 0 bridgehead atoms. The second kappa shape index (κ2) is 12.0. The van der Waals surface area contributed by atoms with Crippen LogP contribution in [-0.2, 0) is 10.8 Å². The van der Waals surface area contributed by atoms with E-state index in [1.54, 1.807) is 0 Å². The number of allylic oxidation sites excluding steroid dienone is 5. The van der Waals surface area contributed by atoms with Crippen LogP contribution in [0.1, 0.15) is 54.2 Å². The number of rotatable bonds is 5. The third kappa shape index (κ3) is 4.27. The molecular formula is C53H41N. The predicted molar refractivity (Wildman–Crippen MR) is 228 cm³/mol. The van der Waals surface area contributed by atoms with E-state index in [-0.39, 0.29) is 5.41 Å². The molecule has 10 rings (SSSR count). The van der Waals surface area contributed by atoms with Crippen LogP contribution >= 0.6 is 0 Å². The standard InChI is InChI=1S/C53H41N/c1-5-19-44-39(6-2)40-24-13-17-28-45(40)53(44)46-29-18-15-26-42(46)49-47(53)34-48(51-50(49)41-25-14-16-27-43(41)52(51,3)4)54(37-22-11-8-12-23-37)38-32-30-36(31-33-38)35-20-9-7-10-21-35/h5-34H,1H2,2-4H3/b39-6-,44-19+. The molecule has 0 N–H and O–H groups in total. The van der Waals surface area contributed by atoms with Gasteiger partial charge in [0.15, 0.2) is 0 Å².